The van der Waals surface area contributed by atoms with Gasteiger partial charge in [0.25, 0.3) is 15.9 Å². The summed E-state index contributed by atoms with van der Waals surface area (Å²) in [6, 6.07) is 10.6. The highest BCUT2D eigenvalue weighted by Crippen LogP contribution is 2.23. The molecule has 2 aromatic carbocycles. The molecule has 152 valence electrons. The first-order valence-electron chi connectivity index (χ1n) is 9.20. The van der Waals surface area contributed by atoms with Crippen molar-refractivity contribution in [3.63, 3.8) is 0 Å². The fourth-order valence-electron chi connectivity index (χ4n) is 2.52. The Balaban J connectivity index is 2.15. The van der Waals surface area contributed by atoms with Crippen molar-refractivity contribution in [1.82, 2.24) is 5.32 Å². The van der Waals surface area contributed by atoms with Crippen LogP contribution in [0.25, 0.3) is 0 Å². The first kappa shape index (κ1) is 22.0. The van der Waals surface area contributed by atoms with E-state index in [0.717, 1.165) is 19.3 Å². The molecule has 1 amide bonds. The molecule has 0 aliphatic heterocycles. The predicted molar refractivity (Wildman–Crippen MR) is 112 cm³/mol. The number of carbonyl (C=O) groups is 1. The number of nitrogens with one attached hydrogen (secondary N) is 2. The van der Waals surface area contributed by atoms with Gasteiger partial charge in [-0.3, -0.25) is 9.52 Å². The van der Waals surface area contributed by atoms with Crippen molar-refractivity contribution >= 4 is 33.2 Å². The fraction of sp³-hybridized carbons (Fsp3) is 0.350. The molecule has 0 saturated carbocycles. The van der Waals surface area contributed by atoms with Gasteiger partial charge < -0.3 is 10.1 Å². The Kier molecular flexibility index (Phi) is 8.14. The maximum Gasteiger partial charge on any atom is 0.261 e. The van der Waals surface area contributed by atoms with Crippen LogP contribution in [0.5, 0.6) is 5.75 Å². The number of ether oxygens (including phenoxy) is 1. The van der Waals surface area contributed by atoms with Gasteiger partial charge in [0.2, 0.25) is 0 Å². The van der Waals surface area contributed by atoms with Crippen molar-refractivity contribution in [2.45, 2.75) is 38.0 Å². The number of hydrogen-bond acceptors (Lipinski definition) is 4. The summed E-state index contributed by atoms with van der Waals surface area (Å²) in [5.41, 5.74) is 0.525. The van der Waals surface area contributed by atoms with Gasteiger partial charge in [0.1, 0.15) is 5.75 Å². The second-order valence-electron chi connectivity index (χ2n) is 6.17. The second-order valence-corrected chi connectivity index (χ2v) is 8.26. The molecule has 2 N–H and O–H groups in total. The summed E-state index contributed by atoms with van der Waals surface area (Å²) < 4.78 is 33.2. The zero-order valence-electron chi connectivity index (χ0n) is 16.0. The quantitative estimate of drug-likeness (QED) is 0.551. The first-order valence-corrected chi connectivity index (χ1v) is 11.1. The SMILES string of the molecule is CCCCCNC(=O)c1cc(S(=O)(=O)Nc2ccc(OCC)cc2)ccc1Cl. The van der Waals surface area contributed by atoms with E-state index < -0.39 is 10.0 Å². The van der Waals surface area contributed by atoms with Crippen molar-refractivity contribution in [3.8, 4) is 5.75 Å². The van der Waals surface area contributed by atoms with E-state index in [1.54, 1.807) is 24.3 Å². The molecule has 28 heavy (non-hydrogen) atoms. The number of hydrogen-bond donors (Lipinski definition) is 2. The van der Waals surface area contributed by atoms with Gasteiger partial charge in [-0.2, -0.15) is 0 Å². The monoisotopic (exact) mass is 424 g/mol. The molecule has 0 aliphatic carbocycles. The summed E-state index contributed by atoms with van der Waals surface area (Å²) in [6.07, 6.45) is 2.91. The van der Waals surface area contributed by atoms with E-state index in [4.69, 9.17) is 16.3 Å². The van der Waals surface area contributed by atoms with E-state index in [0.29, 0.717) is 24.6 Å². The highest BCUT2D eigenvalue weighted by atomic mass is 35.5. The van der Waals surface area contributed by atoms with Gasteiger partial charge in [-0.25, -0.2) is 8.42 Å². The number of benzene rings is 2. The van der Waals surface area contributed by atoms with Gasteiger partial charge in [-0.05, 0) is 55.8 Å². The Morgan fingerprint density at radius 3 is 2.43 bits per heavy atom. The first-order chi connectivity index (χ1) is 13.4. The van der Waals surface area contributed by atoms with E-state index >= 15 is 0 Å². The molecule has 0 saturated heterocycles. The Hall–Kier alpha value is -2.25. The van der Waals surface area contributed by atoms with Gasteiger partial charge in [0.15, 0.2) is 0 Å². The molecular formula is C20H25ClN2O4S. The normalized spacial score (nSPS) is 11.1. The third-order valence-electron chi connectivity index (χ3n) is 3.98. The number of rotatable bonds is 10. The molecule has 8 heteroatoms. The van der Waals surface area contributed by atoms with Crippen molar-refractivity contribution < 1.29 is 17.9 Å². The second kappa shape index (κ2) is 10.3. The molecule has 0 fully saturated rings. The van der Waals surface area contributed by atoms with Crippen LogP contribution in [0.4, 0.5) is 5.69 Å². The lowest BCUT2D eigenvalue weighted by molar-refractivity contribution is 0.0953. The molecule has 0 spiro atoms. The molecule has 0 aromatic heterocycles. The summed E-state index contributed by atoms with van der Waals surface area (Å²) >= 11 is 6.10. The van der Waals surface area contributed by atoms with Crippen LogP contribution in [-0.4, -0.2) is 27.5 Å². The van der Waals surface area contributed by atoms with Crippen LogP contribution >= 0.6 is 11.6 Å². The van der Waals surface area contributed by atoms with Crippen LogP contribution in [-0.2, 0) is 10.0 Å². The molecule has 0 unspecified atom stereocenters. The molecule has 0 bridgehead atoms. The van der Waals surface area contributed by atoms with Gasteiger partial charge >= 0.3 is 0 Å². The van der Waals surface area contributed by atoms with Crippen molar-refractivity contribution in [2.24, 2.45) is 0 Å². The van der Waals surface area contributed by atoms with Crippen molar-refractivity contribution in [1.29, 1.82) is 0 Å². The largest absolute Gasteiger partial charge is 0.494 e. The number of anilines is 1. The standard InChI is InChI=1S/C20H25ClN2O4S/c1-3-5-6-13-22-20(24)18-14-17(11-12-19(18)21)28(25,26)23-15-7-9-16(10-8-15)27-4-2/h7-12,14,23H,3-6,13H2,1-2H3,(H,22,24). The van der Waals surface area contributed by atoms with E-state index in [-0.39, 0.29) is 21.4 Å². The van der Waals surface area contributed by atoms with Gasteiger partial charge in [0, 0.05) is 12.2 Å². The number of halogens is 1. The lowest BCUT2D eigenvalue weighted by Gasteiger charge is -2.11. The van der Waals surface area contributed by atoms with Gasteiger partial charge in [-0.15, -0.1) is 0 Å². The maximum absolute atomic E-state index is 12.7. The lowest BCUT2D eigenvalue weighted by atomic mass is 10.2. The molecule has 0 aliphatic rings. The highest BCUT2D eigenvalue weighted by molar-refractivity contribution is 7.92. The number of amides is 1. The van der Waals surface area contributed by atoms with E-state index in [1.165, 1.54) is 18.2 Å². The Labute approximate surface area is 171 Å². The van der Waals surface area contributed by atoms with Crippen LogP contribution in [0.3, 0.4) is 0 Å². The highest BCUT2D eigenvalue weighted by Gasteiger charge is 2.19. The van der Waals surface area contributed by atoms with Crippen LogP contribution in [0.1, 0.15) is 43.5 Å². The summed E-state index contributed by atoms with van der Waals surface area (Å²) in [6.45, 7) is 4.99. The number of sulfonamides is 1. The molecule has 6 nitrogen and oxygen atoms in total. The predicted octanol–water partition coefficient (Wildman–Crippen LogP) is 4.46. The summed E-state index contributed by atoms with van der Waals surface area (Å²) in [5, 5.41) is 2.97. The fourth-order valence-corrected chi connectivity index (χ4v) is 3.81. The molecule has 0 radical (unpaired) electrons. The van der Waals surface area contributed by atoms with Gasteiger partial charge in [-0.1, -0.05) is 31.4 Å². The average Bonchev–Trinajstić information content (AvgIpc) is 2.67. The summed E-state index contributed by atoms with van der Waals surface area (Å²) in [4.78, 5) is 12.3. The zero-order valence-corrected chi connectivity index (χ0v) is 17.6. The van der Waals surface area contributed by atoms with E-state index in [9.17, 15) is 13.2 Å². The number of unbranched alkanes of at least 4 members (excludes halogenated alkanes) is 2. The topological polar surface area (TPSA) is 84.5 Å². The van der Waals surface area contributed by atoms with Crippen LogP contribution < -0.4 is 14.8 Å². The molecular weight excluding hydrogens is 400 g/mol. The summed E-state index contributed by atoms with van der Waals surface area (Å²) in [5.74, 6) is 0.262. The lowest BCUT2D eigenvalue weighted by Crippen LogP contribution is -2.25. The molecule has 2 rings (SSSR count). The minimum absolute atomic E-state index is 0.0375. The van der Waals surface area contributed by atoms with Crippen LogP contribution in [0.2, 0.25) is 5.02 Å². The third-order valence-corrected chi connectivity index (χ3v) is 5.68. The number of carbonyl (C=O) groups excluding carboxylic acids is 1. The van der Waals surface area contributed by atoms with Crippen LogP contribution in [0.15, 0.2) is 47.4 Å². The smallest absolute Gasteiger partial charge is 0.261 e. The van der Waals surface area contributed by atoms with Gasteiger partial charge in [0.05, 0.1) is 22.1 Å². The Morgan fingerprint density at radius 1 is 1.07 bits per heavy atom. The zero-order chi connectivity index (χ0) is 20.6. The summed E-state index contributed by atoms with van der Waals surface area (Å²) in [7, 11) is -3.87. The third kappa shape index (κ3) is 6.14. The Morgan fingerprint density at radius 2 is 1.79 bits per heavy atom. The van der Waals surface area contributed by atoms with Crippen molar-refractivity contribution in [3.05, 3.63) is 53.1 Å². The maximum atomic E-state index is 12.7. The molecule has 2 aromatic rings. The minimum Gasteiger partial charge on any atom is -0.494 e. The van der Waals surface area contributed by atoms with E-state index in [1.807, 2.05) is 6.92 Å². The molecule has 0 atom stereocenters. The Bertz CT molecular complexity index is 899. The van der Waals surface area contributed by atoms with Crippen LogP contribution in [0, 0.1) is 0 Å². The van der Waals surface area contributed by atoms with E-state index in [2.05, 4.69) is 17.0 Å². The minimum atomic E-state index is -3.87. The molecule has 0 heterocycles. The average molecular weight is 425 g/mol. The van der Waals surface area contributed by atoms with Crippen molar-refractivity contribution in [2.75, 3.05) is 17.9 Å².